The molecule has 7 nitrogen and oxygen atoms in total. The van der Waals surface area contributed by atoms with Crippen molar-refractivity contribution < 1.29 is 4.79 Å². The van der Waals surface area contributed by atoms with Gasteiger partial charge in [-0.25, -0.2) is 0 Å². The number of primary amides is 1. The highest BCUT2D eigenvalue weighted by molar-refractivity contribution is 14.0. The molecule has 0 bridgehead atoms. The summed E-state index contributed by atoms with van der Waals surface area (Å²) in [6, 6.07) is 0.762. The summed E-state index contributed by atoms with van der Waals surface area (Å²) in [6.45, 7) is 12.6. The number of guanidine groups is 1. The lowest BCUT2D eigenvalue weighted by atomic mass is 9.96. The molecule has 30 heavy (non-hydrogen) atoms. The van der Waals surface area contributed by atoms with Crippen LogP contribution in [0.3, 0.4) is 0 Å². The molecule has 1 amide bonds. The molecule has 0 aliphatic carbocycles. The molecule has 4 N–H and O–H groups in total. The third-order valence-electron chi connectivity index (χ3n) is 6.40. The van der Waals surface area contributed by atoms with Crippen molar-refractivity contribution in [1.82, 2.24) is 20.4 Å². The van der Waals surface area contributed by atoms with Crippen molar-refractivity contribution in [2.24, 2.45) is 16.6 Å². The van der Waals surface area contributed by atoms with Crippen molar-refractivity contribution in [3.63, 3.8) is 0 Å². The minimum atomic E-state index is -0.132. The average Bonchev–Trinajstić information content (AvgIpc) is 2.74. The summed E-state index contributed by atoms with van der Waals surface area (Å²) >= 11 is 0. The van der Waals surface area contributed by atoms with Gasteiger partial charge in [0.15, 0.2) is 5.96 Å². The number of piperidine rings is 2. The molecular weight excluding hydrogens is 491 g/mol. The molecule has 176 valence electrons. The molecule has 0 spiro atoms. The van der Waals surface area contributed by atoms with Crippen LogP contribution in [0.2, 0.25) is 0 Å². The van der Waals surface area contributed by atoms with Crippen LogP contribution in [0.5, 0.6) is 0 Å². The van der Waals surface area contributed by atoms with E-state index < -0.39 is 0 Å². The Bertz CT molecular complexity index is 496. The van der Waals surface area contributed by atoms with E-state index in [2.05, 4.69) is 34.3 Å². The largest absolute Gasteiger partial charge is 0.369 e. The van der Waals surface area contributed by atoms with Crippen molar-refractivity contribution in [2.45, 2.75) is 71.3 Å². The molecule has 2 fully saturated rings. The van der Waals surface area contributed by atoms with Crippen molar-refractivity contribution in [3.05, 3.63) is 0 Å². The van der Waals surface area contributed by atoms with E-state index in [1.54, 1.807) is 0 Å². The van der Waals surface area contributed by atoms with E-state index in [0.717, 1.165) is 83.5 Å². The zero-order chi connectivity index (χ0) is 20.9. The standard InChI is InChI=1S/C22H44N6O.HI/c1-3-20-9-5-7-15-28(20)18-13-26-22(24-4-2)25-12-6-8-14-27-16-10-19(11-17-27)21(23)29;/h19-20H,3-18H2,1-2H3,(H2,23,29)(H2,24,25,26);1H. The molecule has 0 saturated carbocycles. The Hall–Kier alpha value is -0.610. The van der Waals surface area contributed by atoms with Crippen LogP contribution in [0.1, 0.15) is 65.2 Å². The number of nitrogens with one attached hydrogen (secondary N) is 2. The quantitative estimate of drug-likeness (QED) is 0.164. The molecule has 2 aliphatic rings. The van der Waals surface area contributed by atoms with E-state index in [1.165, 1.54) is 32.2 Å². The minimum Gasteiger partial charge on any atom is -0.369 e. The van der Waals surface area contributed by atoms with Crippen LogP contribution < -0.4 is 16.4 Å². The molecule has 0 aromatic heterocycles. The highest BCUT2D eigenvalue weighted by Crippen LogP contribution is 2.18. The number of halogens is 1. The van der Waals surface area contributed by atoms with Crippen molar-refractivity contribution in [1.29, 1.82) is 0 Å². The van der Waals surface area contributed by atoms with E-state index in [-0.39, 0.29) is 35.8 Å². The molecule has 0 aromatic rings. The van der Waals surface area contributed by atoms with Crippen LogP contribution in [-0.2, 0) is 4.79 Å². The topological polar surface area (TPSA) is 86.0 Å². The normalized spacial score (nSPS) is 21.8. The van der Waals surface area contributed by atoms with Crippen LogP contribution in [0.15, 0.2) is 4.99 Å². The number of likely N-dealkylation sites (tertiary alicyclic amines) is 2. The van der Waals surface area contributed by atoms with E-state index in [0.29, 0.717) is 0 Å². The molecule has 8 heteroatoms. The van der Waals surface area contributed by atoms with Gasteiger partial charge in [0.1, 0.15) is 0 Å². The van der Waals surface area contributed by atoms with Gasteiger partial charge in [0.2, 0.25) is 5.91 Å². The van der Waals surface area contributed by atoms with Crippen LogP contribution in [0.25, 0.3) is 0 Å². The lowest BCUT2D eigenvalue weighted by Crippen LogP contribution is -2.46. The predicted octanol–water partition coefficient (Wildman–Crippen LogP) is 2.40. The number of aliphatic imine (C=N–C) groups is 1. The Kier molecular flexibility index (Phi) is 14.7. The first-order valence-electron chi connectivity index (χ1n) is 11.9. The summed E-state index contributed by atoms with van der Waals surface area (Å²) in [7, 11) is 0. The summed E-state index contributed by atoms with van der Waals surface area (Å²) in [5.41, 5.74) is 5.41. The monoisotopic (exact) mass is 536 g/mol. The maximum Gasteiger partial charge on any atom is 0.220 e. The van der Waals surface area contributed by atoms with Gasteiger partial charge in [0.05, 0.1) is 0 Å². The Balaban J connectivity index is 0.00000450. The zero-order valence-electron chi connectivity index (χ0n) is 19.2. The third-order valence-corrected chi connectivity index (χ3v) is 6.40. The van der Waals surface area contributed by atoms with Crippen molar-refractivity contribution >= 4 is 35.8 Å². The number of hydrogen-bond acceptors (Lipinski definition) is 4. The summed E-state index contributed by atoms with van der Waals surface area (Å²) in [6.07, 6.45) is 9.40. The number of carbonyl (C=O) groups excluding carboxylic acids is 1. The Morgan fingerprint density at radius 3 is 2.47 bits per heavy atom. The number of nitrogens with two attached hydrogens (primary N) is 1. The lowest BCUT2D eigenvalue weighted by Gasteiger charge is -2.35. The average molecular weight is 537 g/mol. The Labute approximate surface area is 201 Å². The van der Waals surface area contributed by atoms with Gasteiger partial charge in [0, 0.05) is 38.1 Å². The predicted molar refractivity (Wildman–Crippen MR) is 136 cm³/mol. The first-order chi connectivity index (χ1) is 14.1. The molecule has 1 atom stereocenters. The fourth-order valence-corrected chi connectivity index (χ4v) is 4.56. The van der Waals surface area contributed by atoms with Gasteiger partial charge in [-0.3, -0.25) is 14.7 Å². The van der Waals surface area contributed by atoms with Crippen LogP contribution >= 0.6 is 24.0 Å². The van der Waals surface area contributed by atoms with Crippen molar-refractivity contribution in [3.8, 4) is 0 Å². The van der Waals surface area contributed by atoms with Gasteiger partial charge in [-0.05, 0) is 78.0 Å². The summed E-state index contributed by atoms with van der Waals surface area (Å²) in [4.78, 5) is 21.1. The van der Waals surface area contributed by atoms with Gasteiger partial charge < -0.3 is 21.3 Å². The molecule has 2 heterocycles. The Morgan fingerprint density at radius 2 is 1.80 bits per heavy atom. The number of amides is 1. The second kappa shape index (κ2) is 16.1. The van der Waals surface area contributed by atoms with Crippen LogP contribution in [-0.4, -0.2) is 80.1 Å². The van der Waals surface area contributed by atoms with Gasteiger partial charge in [0.25, 0.3) is 0 Å². The van der Waals surface area contributed by atoms with E-state index in [9.17, 15) is 4.79 Å². The molecule has 0 radical (unpaired) electrons. The van der Waals surface area contributed by atoms with E-state index >= 15 is 0 Å². The van der Waals surface area contributed by atoms with Gasteiger partial charge >= 0.3 is 0 Å². The van der Waals surface area contributed by atoms with E-state index in [4.69, 9.17) is 10.7 Å². The van der Waals surface area contributed by atoms with E-state index in [1.807, 2.05) is 0 Å². The van der Waals surface area contributed by atoms with Crippen molar-refractivity contribution in [2.75, 3.05) is 52.4 Å². The highest BCUT2D eigenvalue weighted by Gasteiger charge is 2.22. The number of rotatable bonds is 11. The number of nitrogens with zero attached hydrogens (tertiary/aromatic N) is 3. The smallest absolute Gasteiger partial charge is 0.220 e. The van der Waals surface area contributed by atoms with Gasteiger partial charge in [-0.1, -0.05) is 13.3 Å². The first-order valence-corrected chi connectivity index (χ1v) is 11.9. The zero-order valence-corrected chi connectivity index (χ0v) is 21.5. The lowest BCUT2D eigenvalue weighted by molar-refractivity contribution is -0.123. The summed E-state index contributed by atoms with van der Waals surface area (Å²) in [5.74, 6) is 0.898. The number of carbonyl (C=O) groups is 1. The molecule has 2 rings (SSSR count). The second-order valence-electron chi connectivity index (χ2n) is 8.51. The highest BCUT2D eigenvalue weighted by atomic mass is 127. The number of hydrogen-bond donors (Lipinski definition) is 3. The maximum absolute atomic E-state index is 11.2. The van der Waals surface area contributed by atoms with Gasteiger partial charge in [-0.2, -0.15) is 0 Å². The molecule has 1 unspecified atom stereocenters. The first kappa shape index (κ1) is 27.4. The maximum atomic E-state index is 11.2. The fourth-order valence-electron chi connectivity index (χ4n) is 4.56. The SMILES string of the molecule is CCNC(=NCCCCN1CCC(C(N)=O)CC1)NCCN1CCCCC1CC.I. The third kappa shape index (κ3) is 10.1. The molecule has 2 aliphatic heterocycles. The Morgan fingerprint density at radius 1 is 1.03 bits per heavy atom. The van der Waals surface area contributed by atoms with Crippen LogP contribution in [0.4, 0.5) is 0 Å². The van der Waals surface area contributed by atoms with Gasteiger partial charge in [-0.15, -0.1) is 24.0 Å². The summed E-state index contributed by atoms with van der Waals surface area (Å²) < 4.78 is 0. The molecule has 2 saturated heterocycles. The fraction of sp³-hybridized carbons (Fsp3) is 0.909. The molecular formula is C22H45IN6O. The minimum absolute atomic E-state index is 0. The molecule has 0 aromatic carbocycles. The second-order valence-corrected chi connectivity index (χ2v) is 8.51. The summed E-state index contributed by atoms with van der Waals surface area (Å²) in [5, 5.41) is 6.88. The van der Waals surface area contributed by atoms with Crippen LogP contribution in [0, 0.1) is 5.92 Å². The number of unbranched alkanes of at least 4 members (excludes halogenated alkanes) is 1.